The Kier molecular flexibility index (Phi) is 4.12. The lowest BCUT2D eigenvalue weighted by Crippen LogP contribution is -1.89. The summed E-state index contributed by atoms with van der Waals surface area (Å²) in [6, 6.07) is 8.77. The third kappa shape index (κ3) is 2.89. The van der Waals surface area contributed by atoms with E-state index in [0.717, 1.165) is 0 Å². The Labute approximate surface area is 95.0 Å². The van der Waals surface area contributed by atoms with E-state index >= 15 is 0 Å². The molecule has 0 radical (unpaired) electrons. The van der Waals surface area contributed by atoms with Gasteiger partial charge in [0.05, 0.1) is 0 Å². The van der Waals surface area contributed by atoms with E-state index in [0.29, 0.717) is 3.92 Å². The lowest BCUT2D eigenvalue weighted by Gasteiger charge is -2.05. The zero-order chi connectivity index (χ0) is 8.27. The highest BCUT2D eigenvalue weighted by Crippen LogP contribution is 2.25. The van der Waals surface area contributed by atoms with Crippen molar-refractivity contribution in [2.45, 2.75) is 10.8 Å². The Morgan fingerprint density at radius 3 is 2.27 bits per heavy atom. The van der Waals surface area contributed by atoms with E-state index < -0.39 is 0 Å². The summed E-state index contributed by atoms with van der Waals surface area (Å²) in [6.45, 7) is 2.12. The lowest BCUT2D eigenvalue weighted by molar-refractivity contribution is 1.18. The second-order valence-corrected chi connectivity index (χ2v) is 4.92. The minimum Gasteiger partial charge on any atom is -0.0849 e. The first-order valence-corrected chi connectivity index (χ1v) is 6.27. The Bertz CT molecular complexity index is 216. The Morgan fingerprint density at radius 2 is 1.82 bits per heavy atom. The predicted octanol–water partition coefficient (Wildman–Crippen LogP) is 3.91. The molecular weight excluding hydrogens is 362 g/mol. The van der Waals surface area contributed by atoms with Crippen molar-refractivity contribution in [2.75, 3.05) is 4.43 Å². The van der Waals surface area contributed by atoms with Crippen molar-refractivity contribution in [3.05, 3.63) is 35.4 Å². The third-order valence-electron chi connectivity index (χ3n) is 1.57. The molecule has 0 aliphatic heterocycles. The van der Waals surface area contributed by atoms with Crippen LogP contribution in [0.3, 0.4) is 0 Å². The largest absolute Gasteiger partial charge is 0.0849 e. The Balaban J connectivity index is 2.81. The van der Waals surface area contributed by atoms with Crippen LogP contribution in [0.25, 0.3) is 0 Å². The number of hydrogen-bond donors (Lipinski definition) is 0. The van der Waals surface area contributed by atoms with Crippen molar-refractivity contribution in [1.29, 1.82) is 0 Å². The van der Waals surface area contributed by atoms with Gasteiger partial charge in [0.15, 0.2) is 0 Å². The zero-order valence-electron chi connectivity index (χ0n) is 6.35. The lowest BCUT2D eigenvalue weighted by atomic mass is 10.1. The van der Waals surface area contributed by atoms with Gasteiger partial charge >= 0.3 is 0 Å². The van der Waals surface area contributed by atoms with E-state index in [1.165, 1.54) is 15.6 Å². The summed E-state index contributed by atoms with van der Waals surface area (Å²) in [5.41, 5.74) is 2.77. The fourth-order valence-corrected chi connectivity index (χ4v) is 1.79. The number of aryl methyl sites for hydroxylation is 1. The van der Waals surface area contributed by atoms with Crippen LogP contribution >= 0.6 is 45.2 Å². The second kappa shape index (κ2) is 4.64. The molecule has 60 valence electrons. The van der Waals surface area contributed by atoms with Crippen molar-refractivity contribution in [2.24, 2.45) is 0 Å². The molecule has 1 aromatic carbocycles. The summed E-state index contributed by atoms with van der Waals surface area (Å²) in [6.07, 6.45) is 0. The molecule has 0 aromatic heterocycles. The monoisotopic (exact) mass is 372 g/mol. The molecular formula is C9H10I2. The zero-order valence-corrected chi connectivity index (χ0v) is 10.7. The van der Waals surface area contributed by atoms with Crippen LogP contribution in [0.4, 0.5) is 0 Å². The van der Waals surface area contributed by atoms with Crippen molar-refractivity contribution in [3.63, 3.8) is 0 Å². The standard InChI is InChI=1S/C9H10I2/c1-7-2-4-8(5-3-7)9(11)6-10/h2-5,9H,6H2,1H3. The molecule has 0 aliphatic carbocycles. The summed E-state index contributed by atoms with van der Waals surface area (Å²) in [4.78, 5) is 0. The van der Waals surface area contributed by atoms with E-state index in [1.54, 1.807) is 0 Å². The molecule has 0 amide bonds. The number of halogens is 2. The van der Waals surface area contributed by atoms with Crippen LogP contribution in [-0.4, -0.2) is 4.43 Å². The van der Waals surface area contributed by atoms with Crippen LogP contribution in [0.5, 0.6) is 0 Å². The van der Waals surface area contributed by atoms with Crippen molar-refractivity contribution in [1.82, 2.24) is 0 Å². The maximum absolute atomic E-state index is 2.48. The van der Waals surface area contributed by atoms with Crippen LogP contribution in [0.15, 0.2) is 24.3 Å². The molecule has 1 rings (SSSR count). The maximum Gasteiger partial charge on any atom is 0.0448 e. The van der Waals surface area contributed by atoms with Crippen molar-refractivity contribution in [3.8, 4) is 0 Å². The smallest absolute Gasteiger partial charge is 0.0448 e. The summed E-state index contributed by atoms with van der Waals surface area (Å²) >= 11 is 4.89. The average molecular weight is 372 g/mol. The van der Waals surface area contributed by atoms with Gasteiger partial charge in [-0.2, -0.15) is 0 Å². The maximum atomic E-state index is 2.48. The normalized spacial score (nSPS) is 13.0. The first-order chi connectivity index (χ1) is 5.24. The van der Waals surface area contributed by atoms with Gasteiger partial charge in [0, 0.05) is 8.35 Å². The van der Waals surface area contributed by atoms with Crippen LogP contribution in [0.1, 0.15) is 15.1 Å². The van der Waals surface area contributed by atoms with Gasteiger partial charge in [0.25, 0.3) is 0 Å². The minimum atomic E-state index is 0.661. The van der Waals surface area contributed by atoms with Gasteiger partial charge < -0.3 is 0 Å². The summed E-state index contributed by atoms with van der Waals surface area (Å²) in [5.74, 6) is 0. The average Bonchev–Trinajstić information content (AvgIpc) is 2.05. The molecule has 0 bridgehead atoms. The summed E-state index contributed by atoms with van der Waals surface area (Å²) in [7, 11) is 0. The molecule has 2 heteroatoms. The quantitative estimate of drug-likeness (QED) is 0.546. The van der Waals surface area contributed by atoms with Crippen molar-refractivity contribution >= 4 is 45.2 Å². The Hall–Kier alpha value is 0.680. The number of alkyl halides is 2. The van der Waals surface area contributed by atoms with E-state index in [1.807, 2.05) is 0 Å². The first kappa shape index (κ1) is 9.77. The molecule has 1 unspecified atom stereocenters. The van der Waals surface area contributed by atoms with Gasteiger partial charge in [0.1, 0.15) is 0 Å². The van der Waals surface area contributed by atoms with E-state index in [-0.39, 0.29) is 0 Å². The highest BCUT2D eigenvalue weighted by Gasteiger charge is 2.02. The van der Waals surface area contributed by atoms with E-state index in [4.69, 9.17) is 0 Å². The highest BCUT2D eigenvalue weighted by molar-refractivity contribution is 14.1. The summed E-state index contributed by atoms with van der Waals surface area (Å²) in [5, 5.41) is 0. The molecule has 0 aliphatic rings. The van der Waals surface area contributed by atoms with E-state index in [9.17, 15) is 0 Å². The first-order valence-electron chi connectivity index (χ1n) is 3.50. The third-order valence-corrected chi connectivity index (χ3v) is 5.30. The molecule has 0 fully saturated rings. The van der Waals surface area contributed by atoms with Gasteiger partial charge in [-0.1, -0.05) is 75.0 Å². The van der Waals surface area contributed by atoms with E-state index in [2.05, 4.69) is 76.4 Å². The summed E-state index contributed by atoms with van der Waals surface area (Å²) < 4.78 is 1.84. The van der Waals surface area contributed by atoms with Gasteiger partial charge in [0.2, 0.25) is 0 Å². The SMILES string of the molecule is Cc1ccc(C(I)CI)cc1. The minimum absolute atomic E-state index is 0.661. The van der Waals surface area contributed by atoms with Gasteiger partial charge in [-0.25, -0.2) is 0 Å². The molecule has 0 nitrogen and oxygen atoms in total. The molecule has 1 atom stereocenters. The molecule has 0 spiro atoms. The number of rotatable bonds is 2. The molecule has 11 heavy (non-hydrogen) atoms. The number of hydrogen-bond acceptors (Lipinski definition) is 0. The molecule has 0 saturated heterocycles. The van der Waals surface area contributed by atoms with Gasteiger partial charge in [-0.15, -0.1) is 0 Å². The Morgan fingerprint density at radius 1 is 1.27 bits per heavy atom. The number of benzene rings is 1. The van der Waals surface area contributed by atoms with Crippen LogP contribution in [0, 0.1) is 6.92 Å². The van der Waals surface area contributed by atoms with Crippen LogP contribution in [-0.2, 0) is 0 Å². The second-order valence-electron chi connectivity index (χ2n) is 2.53. The molecule has 0 N–H and O–H groups in total. The molecule has 0 saturated carbocycles. The predicted molar refractivity (Wildman–Crippen MR) is 66.8 cm³/mol. The van der Waals surface area contributed by atoms with Gasteiger partial charge in [-0.3, -0.25) is 0 Å². The van der Waals surface area contributed by atoms with Gasteiger partial charge in [-0.05, 0) is 12.5 Å². The highest BCUT2D eigenvalue weighted by atomic mass is 127. The topological polar surface area (TPSA) is 0 Å². The molecule has 1 aromatic rings. The van der Waals surface area contributed by atoms with Crippen molar-refractivity contribution < 1.29 is 0 Å². The fraction of sp³-hybridized carbons (Fsp3) is 0.333. The molecule has 0 heterocycles. The van der Waals surface area contributed by atoms with Crippen LogP contribution < -0.4 is 0 Å². The van der Waals surface area contributed by atoms with Crippen LogP contribution in [0.2, 0.25) is 0 Å². The fourth-order valence-electron chi connectivity index (χ4n) is 0.864.